The largest absolute Gasteiger partial charge is 0.381 e. The predicted molar refractivity (Wildman–Crippen MR) is 63.9 cm³/mol. The molecule has 0 aliphatic carbocycles. The third kappa shape index (κ3) is 4.49. The Morgan fingerprint density at radius 2 is 2.07 bits per heavy atom. The van der Waals surface area contributed by atoms with Gasteiger partial charge in [-0.15, -0.1) is 0 Å². The van der Waals surface area contributed by atoms with Gasteiger partial charge in [0.25, 0.3) is 0 Å². The van der Waals surface area contributed by atoms with Crippen LogP contribution in [0.4, 0.5) is 0 Å². The molecule has 0 aromatic heterocycles. The van der Waals surface area contributed by atoms with Gasteiger partial charge in [0.1, 0.15) is 0 Å². The summed E-state index contributed by atoms with van der Waals surface area (Å²) in [5.41, 5.74) is 5.78. The smallest absolute Gasteiger partial charge is 0.0595 e. The molecule has 0 radical (unpaired) electrons. The summed E-state index contributed by atoms with van der Waals surface area (Å²) in [5.74, 6) is 0.689. The van der Waals surface area contributed by atoms with Crippen molar-refractivity contribution < 1.29 is 4.74 Å². The lowest BCUT2D eigenvalue weighted by Gasteiger charge is -2.33. The van der Waals surface area contributed by atoms with Crippen LogP contribution in [0.3, 0.4) is 0 Å². The minimum Gasteiger partial charge on any atom is -0.381 e. The van der Waals surface area contributed by atoms with Crippen molar-refractivity contribution in [1.29, 1.82) is 0 Å². The van der Waals surface area contributed by atoms with Crippen molar-refractivity contribution in [2.75, 3.05) is 33.3 Å². The van der Waals surface area contributed by atoms with Crippen molar-refractivity contribution in [3.05, 3.63) is 0 Å². The molecule has 0 bridgehead atoms. The molecular formula is C12H26N2O. The van der Waals surface area contributed by atoms with Gasteiger partial charge < -0.3 is 15.4 Å². The van der Waals surface area contributed by atoms with Gasteiger partial charge in [-0.1, -0.05) is 13.3 Å². The van der Waals surface area contributed by atoms with Gasteiger partial charge in [-0.05, 0) is 31.7 Å². The van der Waals surface area contributed by atoms with Crippen LogP contribution >= 0.6 is 0 Å². The summed E-state index contributed by atoms with van der Waals surface area (Å²) >= 11 is 0. The predicted octanol–water partition coefficient (Wildman–Crippen LogP) is 1.47. The Morgan fingerprint density at radius 3 is 2.53 bits per heavy atom. The average molecular weight is 214 g/mol. The fourth-order valence-electron chi connectivity index (χ4n) is 2.38. The van der Waals surface area contributed by atoms with Crippen molar-refractivity contribution in [1.82, 2.24) is 4.90 Å². The lowest BCUT2D eigenvalue weighted by atomic mass is 10.0. The maximum Gasteiger partial charge on any atom is 0.0595 e. The van der Waals surface area contributed by atoms with Crippen molar-refractivity contribution in [2.45, 2.75) is 38.7 Å². The lowest BCUT2D eigenvalue weighted by Crippen LogP contribution is -2.40. The topological polar surface area (TPSA) is 38.5 Å². The quantitative estimate of drug-likeness (QED) is 0.728. The molecule has 0 aromatic rings. The fraction of sp³-hybridized carbons (Fsp3) is 1.00. The molecule has 3 heteroatoms. The summed E-state index contributed by atoms with van der Waals surface area (Å²) in [4.78, 5) is 2.54. The standard InChI is InChI=1S/C12H26N2O/c1-3-4-11(9-13)10-14-7-5-12(15-2)6-8-14/h11-12H,3-10,13H2,1-2H3. The summed E-state index contributed by atoms with van der Waals surface area (Å²) in [5, 5.41) is 0. The first kappa shape index (κ1) is 12.9. The molecule has 0 spiro atoms. The molecule has 1 aliphatic heterocycles. The van der Waals surface area contributed by atoms with E-state index in [0.29, 0.717) is 12.0 Å². The van der Waals surface area contributed by atoms with Gasteiger partial charge in [0, 0.05) is 26.7 Å². The molecule has 1 saturated heterocycles. The summed E-state index contributed by atoms with van der Waals surface area (Å²) in [7, 11) is 1.82. The van der Waals surface area contributed by atoms with Gasteiger partial charge in [0.2, 0.25) is 0 Å². The molecule has 1 fully saturated rings. The number of nitrogens with zero attached hydrogens (tertiary/aromatic N) is 1. The van der Waals surface area contributed by atoms with Crippen LogP contribution in [0.5, 0.6) is 0 Å². The van der Waals surface area contributed by atoms with Gasteiger partial charge in [-0.2, -0.15) is 0 Å². The highest BCUT2D eigenvalue weighted by Gasteiger charge is 2.20. The SMILES string of the molecule is CCCC(CN)CN1CCC(OC)CC1. The molecule has 1 unspecified atom stereocenters. The lowest BCUT2D eigenvalue weighted by molar-refractivity contribution is 0.0365. The molecule has 1 atom stereocenters. The van der Waals surface area contributed by atoms with Crippen LogP contribution in [0, 0.1) is 5.92 Å². The number of hydrogen-bond donors (Lipinski definition) is 1. The van der Waals surface area contributed by atoms with E-state index >= 15 is 0 Å². The van der Waals surface area contributed by atoms with Crippen molar-refractivity contribution >= 4 is 0 Å². The Labute approximate surface area is 94.0 Å². The fourth-order valence-corrected chi connectivity index (χ4v) is 2.38. The minimum atomic E-state index is 0.490. The van der Waals surface area contributed by atoms with E-state index in [0.717, 1.165) is 6.54 Å². The van der Waals surface area contributed by atoms with E-state index in [4.69, 9.17) is 10.5 Å². The third-order valence-electron chi connectivity index (χ3n) is 3.41. The Hall–Kier alpha value is -0.120. The zero-order valence-electron chi connectivity index (χ0n) is 10.2. The number of ether oxygens (including phenoxy) is 1. The van der Waals surface area contributed by atoms with Crippen LogP contribution in [0.2, 0.25) is 0 Å². The van der Waals surface area contributed by atoms with Crippen LogP contribution < -0.4 is 5.73 Å². The number of nitrogens with two attached hydrogens (primary N) is 1. The van der Waals surface area contributed by atoms with E-state index in [9.17, 15) is 0 Å². The Morgan fingerprint density at radius 1 is 1.40 bits per heavy atom. The monoisotopic (exact) mass is 214 g/mol. The number of rotatable bonds is 6. The van der Waals surface area contributed by atoms with Gasteiger partial charge in [-0.25, -0.2) is 0 Å². The maximum atomic E-state index is 5.78. The second-order valence-electron chi connectivity index (χ2n) is 4.63. The molecule has 0 aromatic carbocycles. The molecule has 15 heavy (non-hydrogen) atoms. The number of hydrogen-bond acceptors (Lipinski definition) is 3. The second-order valence-corrected chi connectivity index (χ2v) is 4.63. The van der Waals surface area contributed by atoms with E-state index in [-0.39, 0.29) is 0 Å². The summed E-state index contributed by atoms with van der Waals surface area (Å²) in [6.45, 7) is 6.61. The van der Waals surface area contributed by atoms with Crippen LogP contribution in [0.25, 0.3) is 0 Å². The van der Waals surface area contributed by atoms with Crippen molar-refractivity contribution in [2.24, 2.45) is 11.7 Å². The Kier molecular flexibility index (Phi) is 6.22. The van der Waals surface area contributed by atoms with E-state index < -0.39 is 0 Å². The first-order chi connectivity index (χ1) is 7.30. The van der Waals surface area contributed by atoms with Gasteiger partial charge in [-0.3, -0.25) is 0 Å². The molecule has 1 rings (SSSR count). The summed E-state index contributed by atoms with van der Waals surface area (Å²) < 4.78 is 5.37. The Balaban J connectivity index is 2.21. The molecule has 90 valence electrons. The normalized spacial score (nSPS) is 21.8. The van der Waals surface area contributed by atoms with Crippen LogP contribution in [0.15, 0.2) is 0 Å². The highest BCUT2D eigenvalue weighted by atomic mass is 16.5. The number of piperidine rings is 1. The minimum absolute atomic E-state index is 0.490. The third-order valence-corrected chi connectivity index (χ3v) is 3.41. The first-order valence-corrected chi connectivity index (χ1v) is 6.25. The van der Waals surface area contributed by atoms with Gasteiger partial charge in [0.15, 0.2) is 0 Å². The van der Waals surface area contributed by atoms with E-state index in [1.54, 1.807) is 0 Å². The van der Waals surface area contributed by atoms with Crippen molar-refractivity contribution in [3.63, 3.8) is 0 Å². The molecular weight excluding hydrogens is 188 g/mol. The molecule has 0 amide bonds. The molecule has 2 N–H and O–H groups in total. The van der Waals surface area contributed by atoms with Crippen molar-refractivity contribution in [3.8, 4) is 0 Å². The number of likely N-dealkylation sites (tertiary alicyclic amines) is 1. The summed E-state index contributed by atoms with van der Waals surface area (Å²) in [6, 6.07) is 0. The molecule has 0 saturated carbocycles. The summed E-state index contributed by atoms with van der Waals surface area (Å²) in [6.07, 6.45) is 5.36. The maximum absolute atomic E-state index is 5.78. The second kappa shape index (κ2) is 7.20. The average Bonchev–Trinajstić information content (AvgIpc) is 2.29. The van der Waals surface area contributed by atoms with E-state index in [2.05, 4.69) is 11.8 Å². The molecule has 3 nitrogen and oxygen atoms in total. The van der Waals surface area contributed by atoms with Crippen LogP contribution in [0.1, 0.15) is 32.6 Å². The van der Waals surface area contributed by atoms with Crippen LogP contribution in [-0.4, -0.2) is 44.3 Å². The first-order valence-electron chi connectivity index (χ1n) is 6.25. The van der Waals surface area contributed by atoms with Crippen LogP contribution in [-0.2, 0) is 4.74 Å². The van der Waals surface area contributed by atoms with Gasteiger partial charge >= 0.3 is 0 Å². The van der Waals surface area contributed by atoms with E-state index in [1.165, 1.54) is 45.3 Å². The highest BCUT2D eigenvalue weighted by Crippen LogP contribution is 2.15. The van der Waals surface area contributed by atoms with Gasteiger partial charge in [0.05, 0.1) is 6.10 Å². The number of methoxy groups -OCH3 is 1. The zero-order chi connectivity index (χ0) is 11.1. The van der Waals surface area contributed by atoms with E-state index in [1.807, 2.05) is 7.11 Å². The highest BCUT2D eigenvalue weighted by molar-refractivity contribution is 4.74. The molecule has 1 aliphatic rings. The molecule has 1 heterocycles. The zero-order valence-corrected chi connectivity index (χ0v) is 10.2. The Bertz CT molecular complexity index is 156.